The summed E-state index contributed by atoms with van der Waals surface area (Å²) in [6.45, 7) is 5.94. The van der Waals surface area contributed by atoms with Crippen molar-refractivity contribution < 1.29 is 9.59 Å². The Hall–Kier alpha value is -1.54. The zero-order valence-electron chi connectivity index (χ0n) is 16.8. The minimum Gasteiger partial charge on any atom is -0.353 e. The molecule has 2 aliphatic heterocycles. The number of piperazine rings is 1. The predicted octanol–water partition coefficient (Wildman–Crippen LogP) is 2.68. The Morgan fingerprint density at radius 3 is 2.59 bits per heavy atom. The van der Waals surface area contributed by atoms with Gasteiger partial charge in [-0.15, -0.1) is 0 Å². The van der Waals surface area contributed by atoms with Gasteiger partial charge in [-0.25, -0.2) is 9.97 Å². The molecule has 0 radical (unpaired) electrons. The molecule has 2 saturated heterocycles. The second-order valence-electron chi connectivity index (χ2n) is 8.16. The molecule has 1 aromatic heterocycles. The topological polar surface area (TPSA) is 69.6 Å². The van der Waals surface area contributed by atoms with E-state index in [1.54, 1.807) is 6.07 Å². The van der Waals surface area contributed by atoms with Gasteiger partial charge in [0.15, 0.2) is 5.16 Å². The molecular weight excluding hydrogens is 410 g/mol. The summed E-state index contributed by atoms with van der Waals surface area (Å²) in [6.07, 6.45) is 5.44. The number of aromatic nitrogens is 2. The van der Waals surface area contributed by atoms with Crippen LogP contribution in [0.3, 0.4) is 0 Å². The van der Waals surface area contributed by atoms with Gasteiger partial charge < -0.3 is 14.7 Å². The number of piperidine rings is 1. The van der Waals surface area contributed by atoms with Gasteiger partial charge >= 0.3 is 0 Å². The van der Waals surface area contributed by atoms with Gasteiger partial charge in [0.1, 0.15) is 11.0 Å². The zero-order chi connectivity index (χ0) is 20.4. The van der Waals surface area contributed by atoms with Crippen LogP contribution in [0.2, 0.25) is 5.15 Å². The smallest absolute Gasteiger partial charge is 0.233 e. The number of amides is 2. The molecule has 3 fully saturated rings. The SMILES string of the molecule is CC1CN(c2cc(Cl)nc(SCC(=O)N3CCCCC3)n2)CCN1C(=O)C1CC1. The average Bonchev–Trinajstić information content (AvgIpc) is 3.57. The van der Waals surface area contributed by atoms with Gasteiger partial charge in [0.25, 0.3) is 0 Å². The highest BCUT2D eigenvalue weighted by Crippen LogP contribution is 2.33. The summed E-state index contributed by atoms with van der Waals surface area (Å²) in [4.78, 5) is 39.9. The number of thioether (sulfide) groups is 1. The molecule has 3 aliphatic rings. The van der Waals surface area contributed by atoms with Gasteiger partial charge in [-0.2, -0.15) is 0 Å². The molecule has 1 atom stereocenters. The van der Waals surface area contributed by atoms with E-state index < -0.39 is 0 Å². The monoisotopic (exact) mass is 437 g/mol. The van der Waals surface area contributed by atoms with E-state index in [9.17, 15) is 9.59 Å². The first-order valence-corrected chi connectivity index (χ1v) is 11.9. The Kier molecular flexibility index (Phi) is 6.49. The molecule has 0 spiro atoms. The van der Waals surface area contributed by atoms with Crippen LogP contribution in [0.25, 0.3) is 0 Å². The van der Waals surface area contributed by atoms with E-state index >= 15 is 0 Å². The average molecular weight is 438 g/mol. The van der Waals surface area contributed by atoms with Crippen LogP contribution in [0, 0.1) is 5.92 Å². The van der Waals surface area contributed by atoms with Gasteiger partial charge in [0, 0.05) is 50.7 Å². The van der Waals surface area contributed by atoms with E-state index in [4.69, 9.17) is 11.6 Å². The lowest BCUT2D eigenvalue weighted by Crippen LogP contribution is -2.54. The molecule has 0 aromatic carbocycles. The van der Waals surface area contributed by atoms with Gasteiger partial charge in [0.2, 0.25) is 11.8 Å². The van der Waals surface area contributed by atoms with Crippen molar-refractivity contribution in [3.05, 3.63) is 11.2 Å². The Morgan fingerprint density at radius 2 is 1.90 bits per heavy atom. The lowest BCUT2D eigenvalue weighted by atomic mass is 10.1. The third-order valence-electron chi connectivity index (χ3n) is 5.86. The summed E-state index contributed by atoms with van der Waals surface area (Å²) >= 11 is 7.59. The molecule has 4 rings (SSSR count). The van der Waals surface area contributed by atoms with Gasteiger partial charge in [-0.3, -0.25) is 9.59 Å². The Labute approximate surface area is 181 Å². The summed E-state index contributed by atoms with van der Waals surface area (Å²) < 4.78 is 0. The fourth-order valence-corrected chi connectivity index (χ4v) is 5.01. The molecule has 158 valence electrons. The first kappa shape index (κ1) is 20.7. The standard InChI is InChI=1S/C20H28ClN5O2S/c1-14-12-25(9-10-26(14)19(28)15-5-6-15)17-11-16(21)22-20(23-17)29-13-18(27)24-7-3-2-4-8-24/h11,14-15H,2-10,12-13H2,1H3. The number of halogens is 1. The second-order valence-corrected chi connectivity index (χ2v) is 9.49. The van der Waals surface area contributed by atoms with Gasteiger partial charge in [0.05, 0.1) is 5.75 Å². The van der Waals surface area contributed by atoms with Crippen molar-refractivity contribution >= 4 is 41.0 Å². The van der Waals surface area contributed by atoms with E-state index in [1.807, 2.05) is 9.80 Å². The lowest BCUT2D eigenvalue weighted by Gasteiger charge is -2.40. The number of anilines is 1. The van der Waals surface area contributed by atoms with Crippen molar-refractivity contribution in [2.24, 2.45) is 5.92 Å². The quantitative estimate of drug-likeness (QED) is 0.400. The predicted molar refractivity (Wildman–Crippen MR) is 114 cm³/mol. The highest BCUT2D eigenvalue weighted by atomic mass is 35.5. The Bertz CT molecular complexity index is 769. The summed E-state index contributed by atoms with van der Waals surface area (Å²) in [5.74, 6) is 1.78. The number of carbonyl (C=O) groups is 2. The van der Waals surface area contributed by atoms with Crippen molar-refractivity contribution in [3.8, 4) is 0 Å². The van der Waals surface area contributed by atoms with E-state index in [0.29, 0.717) is 28.5 Å². The molecule has 2 amide bonds. The fourth-order valence-electron chi connectivity index (χ4n) is 4.03. The number of carbonyl (C=O) groups excluding carboxylic acids is 2. The third-order valence-corrected chi connectivity index (χ3v) is 6.88. The van der Waals surface area contributed by atoms with Crippen molar-refractivity contribution in [1.29, 1.82) is 0 Å². The maximum absolute atomic E-state index is 12.4. The number of hydrogen-bond donors (Lipinski definition) is 0. The molecule has 1 unspecified atom stereocenters. The molecule has 1 aromatic rings. The number of likely N-dealkylation sites (tertiary alicyclic amines) is 1. The summed E-state index contributed by atoms with van der Waals surface area (Å²) in [5, 5.41) is 0.911. The molecule has 3 heterocycles. The lowest BCUT2D eigenvalue weighted by molar-refractivity contribution is -0.135. The van der Waals surface area contributed by atoms with Crippen LogP contribution in [0.1, 0.15) is 39.0 Å². The molecule has 7 nitrogen and oxygen atoms in total. The van der Waals surface area contributed by atoms with Crippen LogP contribution < -0.4 is 4.90 Å². The maximum atomic E-state index is 12.4. The Balaban J connectivity index is 1.36. The minimum absolute atomic E-state index is 0.139. The second kappa shape index (κ2) is 9.08. The van der Waals surface area contributed by atoms with Crippen LogP contribution in [0.5, 0.6) is 0 Å². The summed E-state index contributed by atoms with van der Waals surface area (Å²) in [5.41, 5.74) is 0. The van der Waals surface area contributed by atoms with Crippen LogP contribution in [-0.4, -0.2) is 76.1 Å². The van der Waals surface area contributed by atoms with Gasteiger partial charge in [-0.05, 0) is 39.0 Å². The fraction of sp³-hybridized carbons (Fsp3) is 0.700. The number of hydrogen-bond acceptors (Lipinski definition) is 6. The number of nitrogens with zero attached hydrogens (tertiary/aromatic N) is 5. The highest BCUT2D eigenvalue weighted by Gasteiger charge is 2.37. The first-order chi connectivity index (χ1) is 14.0. The van der Waals surface area contributed by atoms with E-state index in [-0.39, 0.29) is 17.9 Å². The molecule has 1 saturated carbocycles. The number of rotatable bonds is 5. The summed E-state index contributed by atoms with van der Waals surface area (Å²) in [6, 6.07) is 1.91. The first-order valence-electron chi connectivity index (χ1n) is 10.5. The van der Waals surface area contributed by atoms with Gasteiger partial charge in [-0.1, -0.05) is 23.4 Å². The molecular formula is C20H28ClN5O2S. The largest absolute Gasteiger partial charge is 0.353 e. The van der Waals surface area contributed by atoms with Crippen LogP contribution >= 0.6 is 23.4 Å². The molecule has 0 bridgehead atoms. The molecule has 0 N–H and O–H groups in total. The van der Waals surface area contributed by atoms with Crippen LogP contribution in [0.15, 0.2) is 11.2 Å². The van der Waals surface area contributed by atoms with E-state index in [1.165, 1.54) is 18.2 Å². The Morgan fingerprint density at radius 1 is 1.14 bits per heavy atom. The van der Waals surface area contributed by atoms with Crippen molar-refractivity contribution in [1.82, 2.24) is 19.8 Å². The molecule has 1 aliphatic carbocycles. The normalized spacial score (nSPS) is 22.7. The van der Waals surface area contributed by atoms with Crippen molar-refractivity contribution in [2.75, 3.05) is 43.4 Å². The zero-order valence-corrected chi connectivity index (χ0v) is 18.4. The minimum atomic E-state index is 0.139. The van der Waals surface area contributed by atoms with Crippen LogP contribution in [-0.2, 0) is 9.59 Å². The molecule has 29 heavy (non-hydrogen) atoms. The third kappa shape index (κ3) is 5.15. The van der Waals surface area contributed by atoms with E-state index in [0.717, 1.165) is 57.7 Å². The van der Waals surface area contributed by atoms with Crippen molar-refractivity contribution in [3.63, 3.8) is 0 Å². The van der Waals surface area contributed by atoms with Crippen molar-refractivity contribution in [2.45, 2.75) is 50.2 Å². The van der Waals surface area contributed by atoms with Crippen LogP contribution in [0.4, 0.5) is 5.82 Å². The molecule has 9 heteroatoms. The van der Waals surface area contributed by atoms with E-state index in [2.05, 4.69) is 21.8 Å². The highest BCUT2D eigenvalue weighted by molar-refractivity contribution is 7.99. The maximum Gasteiger partial charge on any atom is 0.233 e. The summed E-state index contributed by atoms with van der Waals surface area (Å²) in [7, 11) is 0.